The van der Waals surface area contributed by atoms with Gasteiger partial charge in [-0.1, -0.05) is 18.2 Å². The van der Waals surface area contributed by atoms with Crippen LogP contribution in [0.15, 0.2) is 53.4 Å². The van der Waals surface area contributed by atoms with Crippen LogP contribution in [0.3, 0.4) is 0 Å². The quantitative estimate of drug-likeness (QED) is 0.767. The van der Waals surface area contributed by atoms with E-state index in [0.717, 1.165) is 12.8 Å². The third kappa shape index (κ3) is 4.30. The molecule has 1 N–H and O–H groups in total. The summed E-state index contributed by atoms with van der Waals surface area (Å²) in [6.45, 7) is 2.18. The zero-order valence-corrected chi connectivity index (χ0v) is 14.6. The van der Waals surface area contributed by atoms with Crippen molar-refractivity contribution in [1.29, 1.82) is 0 Å². The predicted octanol–water partition coefficient (Wildman–Crippen LogP) is 2.75. The zero-order valence-electron chi connectivity index (χ0n) is 13.8. The first kappa shape index (κ1) is 17.3. The number of hydrogen-bond donors (Lipinski definition) is 1. The average molecular weight is 361 g/mol. The van der Waals surface area contributed by atoms with Gasteiger partial charge in [0.25, 0.3) is 5.91 Å². The van der Waals surface area contributed by atoms with Crippen molar-refractivity contribution in [3.05, 3.63) is 54.1 Å². The molecule has 0 heterocycles. The Balaban J connectivity index is 1.83. The van der Waals surface area contributed by atoms with Crippen molar-refractivity contribution in [2.45, 2.75) is 30.7 Å². The van der Waals surface area contributed by atoms with Gasteiger partial charge in [0.15, 0.2) is 11.5 Å². The summed E-state index contributed by atoms with van der Waals surface area (Å²) in [5, 5.41) is 2.83. The lowest BCUT2D eigenvalue weighted by Gasteiger charge is -2.12. The number of amides is 1. The molecule has 1 aliphatic carbocycles. The number of carbonyl (C=O) groups excluding carboxylic acids is 1. The van der Waals surface area contributed by atoms with Gasteiger partial charge < -0.3 is 14.2 Å². The molecule has 0 unspecified atom stereocenters. The number of hydrogen-bond acceptors (Lipinski definition) is 5. The smallest absolute Gasteiger partial charge is 0.339 e. The molecule has 0 aromatic heterocycles. The second-order valence-corrected chi connectivity index (χ2v) is 7.24. The Hall–Kier alpha value is -2.54. The fraction of sp³-hybridized carbons (Fsp3) is 0.278. The topological polar surface area (TPSA) is 81.7 Å². The van der Waals surface area contributed by atoms with E-state index in [1.807, 2.05) is 0 Å². The van der Waals surface area contributed by atoms with Crippen LogP contribution >= 0.6 is 0 Å². The molecule has 2 aromatic rings. The maximum Gasteiger partial charge on any atom is 0.339 e. The van der Waals surface area contributed by atoms with Crippen molar-refractivity contribution < 1.29 is 22.1 Å². The van der Waals surface area contributed by atoms with Gasteiger partial charge in [0, 0.05) is 11.6 Å². The van der Waals surface area contributed by atoms with E-state index in [9.17, 15) is 13.2 Å². The monoisotopic (exact) mass is 361 g/mol. The fourth-order valence-corrected chi connectivity index (χ4v) is 3.24. The van der Waals surface area contributed by atoms with Crippen LogP contribution in [0.1, 0.15) is 30.1 Å². The minimum absolute atomic E-state index is 0.0813. The Kier molecular flexibility index (Phi) is 4.94. The summed E-state index contributed by atoms with van der Waals surface area (Å²) in [4.78, 5) is 12.0. The third-order valence-electron chi connectivity index (χ3n) is 3.65. The molecular formula is C18H19NO5S. The first-order chi connectivity index (χ1) is 12.0. The second kappa shape index (κ2) is 7.14. The highest BCUT2D eigenvalue weighted by Gasteiger charge is 2.25. The highest BCUT2D eigenvalue weighted by molar-refractivity contribution is 7.87. The summed E-state index contributed by atoms with van der Waals surface area (Å²) in [6.07, 6.45) is 1.92. The fourth-order valence-electron chi connectivity index (χ4n) is 2.25. The maximum atomic E-state index is 12.6. The van der Waals surface area contributed by atoms with Gasteiger partial charge >= 0.3 is 10.1 Å². The molecule has 132 valence electrons. The van der Waals surface area contributed by atoms with E-state index in [-0.39, 0.29) is 28.2 Å². The normalized spacial score (nSPS) is 14.0. The SMILES string of the molecule is CCOc1ccccc1OS(=O)(=O)c1cccc(C(=O)NC2CC2)c1. The van der Waals surface area contributed by atoms with Crippen molar-refractivity contribution in [3.8, 4) is 11.5 Å². The summed E-state index contributed by atoms with van der Waals surface area (Å²) in [5.41, 5.74) is 0.287. The number of carbonyl (C=O) groups is 1. The molecule has 3 rings (SSSR count). The first-order valence-corrected chi connectivity index (χ1v) is 9.47. The number of ether oxygens (including phenoxy) is 1. The van der Waals surface area contributed by atoms with E-state index in [1.54, 1.807) is 31.2 Å². The van der Waals surface area contributed by atoms with Crippen LogP contribution in [-0.2, 0) is 10.1 Å². The van der Waals surface area contributed by atoms with Gasteiger partial charge in [0.05, 0.1) is 6.61 Å². The van der Waals surface area contributed by atoms with E-state index in [1.165, 1.54) is 24.3 Å². The van der Waals surface area contributed by atoms with Crippen molar-refractivity contribution in [1.82, 2.24) is 5.32 Å². The van der Waals surface area contributed by atoms with Crippen LogP contribution in [-0.4, -0.2) is 27.0 Å². The van der Waals surface area contributed by atoms with E-state index in [4.69, 9.17) is 8.92 Å². The molecule has 2 aromatic carbocycles. The average Bonchev–Trinajstić information content (AvgIpc) is 3.41. The lowest BCUT2D eigenvalue weighted by atomic mass is 10.2. The summed E-state index contributed by atoms with van der Waals surface area (Å²) >= 11 is 0. The van der Waals surface area contributed by atoms with Crippen molar-refractivity contribution >= 4 is 16.0 Å². The van der Waals surface area contributed by atoms with Crippen LogP contribution in [0.25, 0.3) is 0 Å². The second-order valence-electron chi connectivity index (χ2n) is 5.69. The maximum absolute atomic E-state index is 12.6. The Bertz CT molecular complexity index is 875. The van der Waals surface area contributed by atoms with Crippen LogP contribution in [0, 0.1) is 0 Å². The lowest BCUT2D eigenvalue weighted by Crippen LogP contribution is -2.25. The number of rotatable bonds is 7. The largest absolute Gasteiger partial charge is 0.490 e. The molecule has 0 saturated heterocycles. The van der Waals surface area contributed by atoms with Gasteiger partial charge in [0.1, 0.15) is 4.90 Å². The number of benzene rings is 2. The minimum Gasteiger partial charge on any atom is -0.490 e. The predicted molar refractivity (Wildman–Crippen MR) is 92.4 cm³/mol. The van der Waals surface area contributed by atoms with E-state index >= 15 is 0 Å². The van der Waals surface area contributed by atoms with Gasteiger partial charge in [-0.15, -0.1) is 0 Å². The summed E-state index contributed by atoms with van der Waals surface area (Å²) in [5.74, 6) is 0.169. The van der Waals surface area contributed by atoms with Crippen molar-refractivity contribution in [2.75, 3.05) is 6.61 Å². The van der Waals surface area contributed by atoms with Crippen molar-refractivity contribution in [3.63, 3.8) is 0 Å². The summed E-state index contributed by atoms with van der Waals surface area (Å²) < 4.78 is 35.7. The van der Waals surface area contributed by atoms with E-state index in [2.05, 4.69) is 5.32 Å². The lowest BCUT2D eigenvalue weighted by molar-refractivity contribution is 0.0951. The molecule has 6 nitrogen and oxygen atoms in total. The molecule has 7 heteroatoms. The number of nitrogens with one attached hydrogen (secondary N) is 1. The Morgan fingerprint density at radius 3 is 2.52 bits per heavy atom. The first-order valence-electron chi connectivity index (χ1n) is 8.07. The van der Waals surface area contributed by atoms with Crippen LogP contribution in [0.2, 0.25) is 0 Å². The molecule has 0 atom stereocenters. The third-order valence-corrected chi connectivity index (χ3v) is 4.88. The molecule has 0 radical (unpaired) electrons. The molecular weight excluding hydrogens is 342 g/mol. The molecule has 25 heavy (non-hydrogen) atoms. The van der Waals surface area contributed by atoms with Crippen molar-refractivity contribution in [2.24, 2.45) is 0 Å². The Morgan fingerprint density at radius 2 is 1.84 bits per heavy atom. The van der Waals surface area contributed by atoms with E-state index in [0.29, 0.717) is 12.4 Å². The molecule has 1 fully saturated rings. The minimum atomic E-state index is -4.08. The molecule has 0 bridgehead atoms. The van der Waals surface area contributed by atoms with E-state index < -0.39 is 10.1 Å². The standard InChI is InChI=1S/C18H19NO5S/c1-2-23-16-8-3-4-9-17(16)24-25(21,22)15-7-5-6-13(12-15)18(20)19-14-10-11-14/h3-9,12,14H,2,10-11H2,1H3,(H,19,20). The molecule has 0 aliphatic heterocycles. The Morgan fingerprint density at radius 1 is 1.12 bits per heavy atom. The molecule has 1 saturated carbocycles. The zero-order chi connectivity index (χ0) is 17.9. The van der Waals surface area contributed by atoms with Crippen LogP contribution < -0.4 is 14.2 Å². The van der Waals surface area contributed by atoms with Gasteiger partial charge in [-0.25, -0.2) is 0 Å². The number of para-hydroxylation sites is 2. The summed E-state index contributed by atoms with van der Waals surface area (Å²) in [7, 11) is -4.08. The van der Waals surface area contributed by atoms with Gasteiger partial charge in [-0.3, -0.25) is 4.79 Å². The van der Waals surface area contributed by atoms with Gasteiger partial charge in [0.2, 0.25) is 0 Å². The molecule has 1 aliphatic rings. The highest BCUT2D eigenvalue weighted by Crippen LogP contribution is 2.29. The highest BCUT2D eigenvalue weighted by atomic mass is 32.2. The van der Waals surface area contributed by atoms with Gasteiger partial charge in [-0.2, -0.15) is 8.42 Å². The van der Waals surface area contributed by atoms with Crippen LogP contribution in [0.4, 0.5) is 0 Å². The molecule has 0 spiro atoms. The summed E-state index contributed by atoms with van der Waals surface area (Å²) in [6, 6.07) is 12.5. The molecule has 1 amide bonds. The Labute approximate surface area is 146 Å². The van der Waals surface area contributed by atoms with Crippen LogP contribution in [0.5, 0.6) is 11.5 Å². The van der Waals surface area contributed by atoms with Gasteiger partial charge in [-0.05, 0) is 50.1 Å².